The maximum Gasteiger partial charge on any atom is 0.326 e. The predicted octanol–water partition coefficient (Wildman–Crippen LogP) is 0.480. The van der Waals surface area contributed by atoms with E-state index in [-0.39, 0.29) is 17.7 Å². The molecule has 1 heterocycles. The van der Waals surface area contributed by atoms with Crippen molar-refractivity contribution in [3.05, 3.63) is 0 Å². The number of likely N-dealkylation sites (N-methyl/N-ethyl adjacent to an activating group) is 1. The summed E-state index contributed by atoms with van der Waals surface area (Å²) in [7, 11) is 3.21. The molecular formula is C13H24N2O4. The normalized spacial score (nSPS) is 21.6. The Balaban J connectivity index is 2.64. The second-order valence-corrected chi connectivity index (χ2v) is 5.46. The van der Waals surface area contributed by atoms with Gasteiger partial charge in [0.15, 0.2) is 0 Å². The first kappa shape index (κ1) is 15.9. The van der Waals surface area contributed by atoms with Gasteiger partial charge in [-0.05, 0) is 12.3 Å². The largest absolute Gasteiger partial charge is 0.480 e. The number of methoxy groups -OCH3 is 1. The summed E-state index contributed by atoms with van der Waals surface area (Å²) in [6.07, 6.45) is 0.761. The second kappa shape index (κ2) is 6.86. The summed E-state index contributed by atoms with van der Waals surface area (Å²) in [5.74, 6) is -1.26. The van der Waals surface area contributed by atoms with E-state index in [1.807, 2.05) is 13.8 Å². The molecule has 0 unspecified atom stereocenters. The first-order valence-corrected chi connectivity index (χ1v) is 6.59. The molecule has 1 aliphatic heterocycles. The van der Waals surface area contributed by atoms with Gasteiger partial charge in [0.25, 0.3) is 0 Å². The highest BCUT2D eigenvalue weighted by molar-refractivity contribution is 5.85. The van der Waals surface area contributed by atoms with Crippen molar-refractivity contribution in [1.29, 1.82) is 0 Å². The zero-order valence-electron chi connectivity index (χ0n) is 12.1. The Morgan fingerprint density at radius 3 is 2.58 bits per heavy atom. The number of amides is 1. The average Bonchev–Trinajstić information content (AvgIpc) is 2.76. The summed E-state index contributed by atoms with van der Waals surface area (Å²) in [6.45, 7) is 5.60. The Morgan fingerprint density at radius 1 is 1.47 bits per heavy atom. The first-order chi connectivity index (χ1) is 8.88. The number of carbonyl (C=O) groups excluding carboxylic acids is 1. The van der Waals surface area contributed by atoms with Gasteiger partial charge in [0.2, 0.25) is 5.91 Å². The minimum atomic E-state index is -0.947. The molecule has 1 saturated heterocycles. The molecule has 6 heteroatoms. The van der Waals surface area contributed by atoms with E-state index < -0.39 is 12.0 Å². The van der Waals surface area contributed by atoms with Crippen molar-refractivity contribution in [3.8, 4) is 0 Å². The lowest BCUT2D eigenvalue weighted by molar-refractivity contribution is -0.152. The molecule has 1 aliphatic rings. The zero-order chi connectivity index (χ0) is 14.6. The molecule has 2 atom stereocenters. The van der Waals surface area contributed by atoms with Crippen molar-refractivity contribution < 1.29 is 19.4 Å². The summed E-state index contributed by atoms with van der Waals surface area (Å²) in [5.41, 5.74) is 0. The van der Waals surface area contributed by atoms with Gasteiger partial charge in [0, 0.05) is 27.2 Å². The fraction of sp³-hybridized carbons (Fsp3) is 0.846. The zero-order valence-corrected chi connectivity index (χ0v) is 12.1. The molecule has 110 valence electrons. The number of aliphatic carboxylic acids is 1. The Labute approximate surface area is 114 Å². The van der Waals surface area contributed by atoms with Crippen LogP contribution in [0.2, 0.25) is 0 Å². The van der Waals surface area contributed by atoms with E-state index in [0.717, 1.165) is 13.0 Å². The fourth-order valence-electron chi connectivity index (χ4n) is 2.66. The molecule has 0 saturated carbocycles. The molecule has 0 aliphatic carbocycles. The molecule has 1 rings (SSSR count). The molecule has 0 bridgehead atoms. The number of hydrogen-bond donors (Lipinski definition) is 1. The summed E-state index contributed by atoms with van der Waals surface area (Å²) in [6, 6.07) is -0.760. The molecule has 0 spiro atoms. The van der Waals surface area contributed by atoms with Gasteiger partial charge in [-0.15, -0.1) is 0 Å². The first-order valence-electron chi connectivity index (χ1n) is 6.59. The third-order valence-corrected chi connectivity index (χ3v) is 3.58. The molecule has 1 amide bonds. The number of nitrogens with zero attached hydrogens (tertiary/aromatic N) is 2. The number of carboxylic acids is 1. The molecule has 0 aromatic heterocycles. The van der Waals surface area contributed by atoms with Gasteiger partial charge in [-0.1, -0.05) is 13.8 Å². The number of hydrogen-bond acceptors (Lipinski definition) is 4. The van der Waals surface area contributed by atoms with Gasteiger partial charge in [0.05, 0.1) is 12.6 Å². The van der Waals surface area contributed by atoms with Crippen LogP contribution in [-0.2, 0) is 14.3 Å². The van der Waals surface area contributed by atoms with Crippen LogP contribution in [0.3, 0.4) is 0 Å². The maximum atomic E-state index is 12.3. The Kier molecular flexibility index (Phi) is 5.75. The summed E-state index contributed by atoms with van der Waals surface area (Å²) in [4.78, 5) is 27.0. The van der Waals surface area contributed by atoms with Crippen molar-refractivity contribution in [2.75, 3.05) is 34.0 Å². The number of rotatable bonds is 6. The smallest absolute Gasteiger partial charge is 0.326 e. The van der Waals surface area contributed by atoms with Crippen LogP contribution in [0.25, 0.3) is 0 Å². The van der Waals surface area contributed by atoms with E-state index in [2.05, 4.69) is 4.90 Å². The van der Waals surface area contributed by atoms with Gasteiger partial charge >= 0.3 is 5.97 Å². The highest BCUT2D eigenvalue weighted by atomic mass is 16.5. The summed E-state index contributed by atoms with van der Waals surface area (Å²) in [5, 5.41) is 9.22. The van der Waals surface area contributed by atoms with Gasteiger partial charge < -0.3 is 14.7 Å². The molecule has 0 aromatic rings. The molecule has 0 radical (unpaired) electrons. The topological polar surface area (TPSA) is 70.1 Å². The lowest BCUT2D eigenvalue weighted by atomic mass is 10.0. The van der Waals surface area contributed by atoms with E-state index in [0.29, 0.717) is 13.3 Å². The van der Waals surface area contributed by atoms with Crippen LogP contribution in [0, 0.1) is 11.8 Å². The molecule has 19 heavy (non-hydrogen) atoms. The van der Waals surface area contributed by atoms with Crippen LogP contribution in [0.15, 0.2) is 0 Å². The Hall–Kier alpha value is -1.14. The highest BCUT2D eigenvalue weighted by Crippen LogP contribution is 2.20. The number of likely N-dealkylation sites (tertiary alicyclic amines) is 1. The van der Waals surface area contributed by atoms with Crippen molar-refractivity contribution in [2.24, 2.45) is 11.8 Å². The molecular weight excluding hydrogens is 248 g/mol. The van der Waals surface area contributed by atoms with Crippen LogP contribution < -0.4 is 0 Å². The third-order valence-electron chi connectivity index (χ3n) is 3.58. The van der Waals surface area contributed by atoms with Gasteiger partial charge in [-0.25, -0.2) is 4.79 Å². The highest BCUT2D eigenvalue weighted by Gasteiger charge is 2.36. The number of ether oxygens (including phenoxy) is 1. The third kappa shape index (κ3) is 3.91. The van der Waals surface area contributed by atoms with Gasteiger partial charge in [-0.2, -0.15) is 0 Å². The van der Waals surface area contributed by atoms with Crippen molar-refractivity contribution >= 4 is 11.9 Å². The van der Waals surface area contributed by atoms with Crippen molar-refractivity contribution in [1.82, 2.24) is 9.80 Å². The van der Waals surface area contributed by atoms with Crippen LogP contribution in [0.1, 0.15) is 20.3 Å². The fourth-order valence-corrected chi connectivity index (χ4v) is 2.66. The maximum absolute atomic E-state index is 12.3. The average molecular weight is 272 g/mol. The van der Waals surface area contributed by atoms with Crippen LogP contribution in [0.4, 0.5) is 0 Å². The van der Waals surface area contributed by atoms with Crippen LogP contribution in [-0.4, -0.2) is 66.8 Å². The molecule has 1 fully saturated rings. The standard InChI is InChI=1S/C13H24N2O4/c1-9(2)11(13(17)18)14(3)12(16)10-5-6-15(7-10)8-19-4/h9-11H,5-8H2,1-4H3,(H,17,18)/t10-,11-/m0/s1. The van der Waals surface area contributed by atoms with E-state index in [1.165, 1.54) is 4.90 Å². The van der Waals surface area contributed by atoms with E-state index in [4.69, 9.17) is 4.74 Å². The molecule has 1 N–H and O–H groups in total. The van der Waals surface area contributed by atoms with Crippen LogP contribution in [0.5, 0.6) is 0 Å². The SMILES string of the molecule is COCN1CC[C@H](C(=O)N(C)[C@H](C(=O)O)C(C)C)C1. The Morgan fingerprint density at radius 2 is 2.11 bits per heavy atom. The van der Waals surface area contributed by atoms with E-state index in [1.54, 1.807) is 14.2 Å². The van der Waals surface area contributed by atoms with E-state index >= 15 is 0 Å². The number of carbonyl (C=O) groups is 2. The van der Waals surface area contributed by atoms with Gasteiger partial charge in [0.1, 0.15) is 6.04 Å². The minimum absolute atomic E-state index is 0.0836. The lowest BCUT2D eigenvalue weighted by Gasteiger charge is -2.29. The summed E-state index contributed by atoms with van der Waals surface area (Å²) < 4.78 is 5.05. The van der Waals surface area contributed by atoms with Gasteiger partial charge in [-0.3, -0.25) is 9.69 Å². The van der Waals surface area contributed by atoms with Crippen molar-refractivity contribution in [2.45, 2.75) is 26.3 Å². The lowest BCUT2D eigenvalue weighted by Crippen LogP contribution is -2.48. The minimum Gasteiger partial charge on any atom is -0.480 e. The monoisotopic (exact) mass is 272 g/mol. The molecule has 6 nitrogen and oxygen atoms in total. The Bertz CT molecular complexity index is 333. The van der Waals surface area contributed by atoms with Crippen molar-refractivity contribution in [3.63, 3.8) is 0 Å². The molecule has 0 aromatic carbocycles. The second-order valence-electron chi connectivity index (χ2n) is 5.46. The van der Waals surface area contributed by atoms with Crippen LogP contribution >= 0.6 is 0 Å². The predicted molar refractivity (Wildman–Crippen MR) is 70.6 cm³/mol. The number of carboxylic acid groups (broad SMARTS) is 1. The summed E-state index contributed by atoms with van der Waals surface area (Å²) >= 11 is 0. The van der Waals surface area contributed by atoms with E-state index in [9.17, 15) is 14.7 Å². The quantitative estimate of drug-likeness (QED) is 0.761.